The predicted molar refractivity (Wildman–Crippen MR) is 32.8 cm³/mol. The second kappa shape index (κ2) is 2.64. The zero-order valence-electron chi connectivity index (χ0n) is 5.00. The molecule has 0 saturated carbocycles. The van der Waals surface area contributed by atoms with Gasteiger partial charge in [0.2, 0.25) is 5.91 Å². The van der Waals surface area contributed by atoms with E-state index in [2.05, 4.69) is 5.32 Å². The summed E-state index contributed by atoms with van der Waals surface area (Å²) in [7, 11) is 0. The highest BCUT2D eigenvalue weighted by molar-refractivity contribution is 5.88. The third-order valence-electron chi connectivity index (χ3n) is 1.26. The summed E-state index contributed by atoms with van der Waals surface area (Å²) < 4.78 is 0. The molecule has 9 heavy (non-hydrogen) atoms. The minimum absolute atomic E-state index is 0.0239. The minimum Gasteiger partial charge on any atom is -0.394 e. The third kappa shape index (κ3) is 1.54. The summed E-state index contributed by atoms with van der Waals surface area (Å²) >= 11 is 0. The molecule has 1 heterocycles. The molecule has 0 spiro atoms. The molecule has 1 atom stereocenters. The summed E-state index contributed by atoms with van der Waals surface area (Å²) in [5.74, 6) is -0.111. The van der Waals surface area contributed by atoms with Gasteiger partial charge in [0, 0.05) is 0 Å². The zero-order valence-corrected chi connectivity index (χ0v) is 5.00. The molecule has 1 rings (SSSR count). The lowest BCUT2D eigenvalue weighted by atomic mass is 10.1. The standard InChI is InChI=1S/C6H9NO2/c8-4-5-2-1-3-6(9)7-5/h1,3,5,8H,2,4H2,(H,7,9)/t5-/m0/s1. The SMILES string of the molecule is O=C1C=CC[C@@H](CO)N1. The van der Waals surface area contributed by atoms with Gasteiger partial charge in [-0.3, -0.25) is 4.79 Å². The average Bonchev–Trinajstić information content (AvgIpc) is 1.88. The Morgan fingerprint density at radius 3 is 3.11 bits per heavy atom. The Hall–Kier alpha value is -0.830. The first kappa shape index (κ1) is 6.29. The highest BCUT2D eigenvalue weighted by Crippen LogP contribution is 1.97. The van der Waals surface area contributed by atoms with Gasteiger partial charge in [0.1, 0.15) is 0 Å². The first-order chi connectivity index (χ1) is 4.33. The maximum Gasteiger partial charge on any atom is 0.243 e. The molecule has 0 aromatic carbocycles. The molecule has 0 unspecified atom stereocenters. The highest BCUT2D eigenvalue weighted by atomic mass is 16.3. The van der Waals surface area contributed by atoms with Gasteiger partial charge in [-0.1, -0.05) is 6.08 Å². The van der Waals surface area contributed by atoms with Crippen LogP contribution in [0.15, 0.2) is 12.2 Å². The Kier molecular flexibility index (Phi) is 1.85. The van der Waals surface area contributed by atoms with Gasteiger partial charge < -0.3 is 10.4 Å². The van der Waals surface area contributed by atoms with Crippen LogP contribution in [0.1, 0.15) is 6.42 Å². The van der Waals surface area contributed by atoms with Gasteiger partial charge in [-0.15, -0.1) is 0 Å². The largest absolute Gasteiger partial charge is 0.394 e. The minimum atomic E-state index is -0.111. The van der Waals surface area contributed by atoms with Crippen molar-refractivity contribution in [3.05, 3.63) is 12.2 Å². The molecule has 0 aromatic heterocycles. The molecule has 0 aromatic rings. The lowest BCUT2D eigenvalue weighted by Crippen LogP contribution is -2.38. The summed E-state index contributed by atoms with van der Waals surface area (Å²) in [5.41, 5.74) is 0. The number of hydrogen-bond donors (Lipinski definition) is 2. The number of carbonyl (C=O) groups is 1. The van der Waals surface area contributed by atoms with E-state index in [1.165, 1.54) is 6.08 Å². The molecule has 3 nitrogen and oxygen atoms in total. The lowest BCUT2D eigenvalue weighted by molar-refractivity contribution is -0.117. The molecule has 0 radical (unpaired) electrons. The van der Waals surface area contributed by atoms with E-state index in [0.29, 0.717) is 0 Å². The van der Waals surface area contributed by atoms with Gasteiger partial charge in [-0.25, -0.2) is 0 Å². The van der Waals surface area contributed by atoms with E-state index in [-0.39, 0.29) is 18.6 Å². The van der Waals surface area contributed by atoms with Crippen molar-refractivity contribution in [1.82, 2.24) is 5.32 Å². The summed E-state index contributed by atoms with van der Waals surface area (Å²) in [6, 6.07) is -0.0671. The topological polar surface area (TPSA) is 49.3 Å². The summed E-state index contributed by atoms with van der Waals surface area (Å²) in [6.07, 6.45) is 3.98. The second-order valence-corrected chi connectivity index (χ2v) is 2.03. The number of aliphatic hydroxyl groups is 1. The van der Waals surface area contributed by atoms with E-state index in [4.69, 9.17) is 5.11 Å². The second-order valence-electron chi connectivity index (χ2n) is 2.03. The number of rotatable bonds is 1. The lowest BCUT2D eigenvalue weighted by Gasteiger charge is -2.15. The van der Waals surface area contributed by atoms with E-state index in [1.54, 1.807) is 6.08 Å². The van der Waals surface area contributed by atoms with Crippen LogP contribution in [0.4, 0.5) is 0 Å². The summed E-state index contributed by atoms with van der Waals surface area (Å²) in [5, 5.41) is 11.2. The molecule has 0 saturated heterocycles. The fourth-order valence-corrected chi connectivity index (χ4v) is 0.768. The summed E-state index contributed by atoms with van der Waals surface area (Å²) in [6.45, 7) is 0.0239. The number of carbonyl (C=O) groups excluding carboxylic acids is 1. The van der Waals surface area contributed by atoms with Crippen LogP contribution in [-0.4, -0.2) is 23.7 Å². The van der Waals surface area contributed by atoms with Gasteiger partial charge >= 0.3 is 0 Å². The number of nitrogens with one attached hydrogen (secondary N) is 1. The monoisotopic (exact) mass is 127 g/mol. The maximum atomic E-state index is 10.5. The van der Waals surface area contributed by atoms with Crippen LogP contribution >= 0.6 is 0 Å². The van der Waals surface area contributed by atoms with E-state index < -0.39 is 0 Å². The molecule has 0 fully saturated rings. The van der Waals surface area contributed by atoms with Gasteiger partial charge in [0.05, 0.1) is 12.6 Å². The molecule has 3 heteroatoms. The van der Waals surface area contributed by atoms with Crippen molar-refractivity contribution in [2.24, 2.45) is 0 Å². The molecular weight excluding hydrogens is 118 g/mol. The molecule has 50 valence electrons. The van der Waals surface area contributed by atoms with E-state index in [0.717, 1.165) is 6.42 Å². The van der Waals surface area contributed by atoms with Crippen molar-refractivity contribution in [3.63, 3.8) is 0 Å². The smallest absolute Gasteiger partial charge is 0.243 e. The van der Waals surface area contributed by atoms with Crippen LogP contribution in [0.25, 0.3) is 0 Å². The van der Waals surface area contributed by atoms with Crippen molar-refractivity contribution < 1.29 is 9.90 Å². The summed E-state index contributed by atoms with van der Waals surface area (Å²) in [4.78, 5) is 10.5. The van der Waals surface area contributed by atoms with Gasteiger partial charge in [0.25, 0.3) is 0 Å². The van der Waals surface area contributed by atoms with Crippen LogP contribution < -0.4 is 5.32 Å². The van der Waals surface area contributed by atoms with E-state index in [9.17, 15) is 4.79 Å². The quantitative estimate of drug-likeness (QED) is 0.495. The average molecular weight is 127 g/mol. The van der Waals surface area contributed by atoms with E-state index in [1.807, 2.05) is 0 Å². The van der Waals surface area contributed by atoms with Crippen LogP contribution in [0, 0.1) is 0 Å². The van der Waals surface area contributed by atoms with Crippen molar-refractivity contribution in [1.29, 1.82) is 0 Å². The van der Waals surface area contributed by atoms with Gasteiger partial charge in [-0.2, -0.15) is 0 Å². The van der Waals surface area contributed by atoms with Crippen molar-refractivity contribution >= 4 is 5.91 Å². The molecule has 0 aliphatic carbocycles. The zero-order chi connectivity index (χ0) is 6.69. The fourth-order valence-electron chi connectivity index (χ4n) is 0.768. The van der Waals surface area contributed by atoms with E-state index >= 15 is 0 Å². The predicted octanol–water partition coefficient (Wildman–Crippen LogP) is -0.577. The van der Waals surface area contributed by atoms with Crippen molar-refractivity contribution in [3.8, 4) is 0 Å². The number of aliphatic hydroxyl groups excluding tert-OH is 1. The molecule has 2 N–H and O–H groups in total. The third-order valence-corrected chi connectivity index (χ3v) is 1.26. The first-order valence-corrected chi connectivity index (χ1v) is 2.91. The Labute approximate surface area is 53.4 Å². The Balaban J connectivity index is 2.47. The Morgan fingerprint density at radius 2 is 2.67 bits per heavy atom. The number of hydrogen-bond acceptors (Lipinski definition) is 2. The molecule has 1 amide bonds. The molecular formula is C6H9NO2. The fraction of sp³-hybridized carbons (Fsp3) is 0.500. The first-order valence-electron chi connectivity index (χ1n) is 2.91. The Morgan fingerprint density at radius 1 is 1.89 bits per heavy atom. The van der Waals surface area contributed by atoms with Crippen LogP contribution in [0.2, 0.25) is 0 Å². The van der Waals surface area contributed by atoms with Crippen LogP contribution in [-0.2, 0) is 4.79 Å². The molecule has 1 aliphatic heterocycles. The van der Waals surface area contributed by atoms with Crippen molar-refractivity contribution in [2.45, 2.75) is 12.5 Å². The highest BCUT2D eigenvalue weighted by Gasteiger charge is 2.10. The van der Waals surface area contributed by atoms with Gasteiger partial charge in [-0.05, 0) is 12.5 Å². The number of amides is 1. The van der Waals surface area contributed by atoms with Gasteiger partial charge in [0.15, 0.2) is 0 Å². The molecule has 0 bridgehead atoms. The normalized spacial score (nSPS) is 25.9. The maximum absolute atomic E-state index is 10.5. The Bertz CT molecular complexity index is 142. The van der Waals surface area contributed by atoms with Crippen molar-refractivity contribution in [2.75, 3.05) is 6.61 Å². The van der Waals surface area contributed by atoms with Crippen LogP contribution in [0.3, 0.4) is 0 Å². The molecule has 1 aliphatic rings. The van der Waals surface area contributed by atoms with Crippen LogP contribution in [0.5, 0.6) is 0 Å².